The van der Waals surface area contributed by atoms with Crippen molar-refractivity contribution in [2.45, 2.75) is 24.3 Å². The van der Waals surface area contributed by atoms with Gasteiger partial charge in [-0.25, -0.2) is 0 Å². The molecule has 82 valence electrons. The minimum atomic E-state index is 0.702. The van der Waals surface area contributed by atoms with E-state index in [0.29, 0.717) is 10.5 Å². The molecule has 0 bridgehead atoms. The predicted octanol–water partition coefficient (Wildman–Crippen LogP) is 3.17. The quantitative estimate of drug-likeness (QED) is 0.789. The molecule has 2 unspecified atom stereocenters. The van der Waals surface area contributed by atoms with Crippen LogP contribution in [0.2, 0.25) is 0 Å². The fraction of sp³-hybridized carbons (Fsp3) is 0.545. The van der Waals surface area contributed by atoms with Gasteiger partial charge < -0.3 is 4.90 Å². The van der Waals surface area contributed by atoms with Crippen molar-refractivity contribution in [2.24, 2.45) is 0 Å². The van der Waals surface area contributed by atoms with Crippen LogP contribution in [0.3, 0.4) is 0 Å². The molecule has 2 atom stereocenters. The average molecular weight is 287 g/mol. The molecule has 2 rings (SSSR count). The lowest BCUT2D eigenvalue weighted by Crippen LogP contribution is -2.40. The summed E-state index contributed by atoms with van der Waals surface area (Å²) in [6, 6.07) is 2.14. The summed E-state index contributed by atoms with van der Waals surface area (Å²) >= 11 is 5.53. The molecular formula is C11H15BrN2S. The molecule has 2 heterocycles. The molecule has 0 N–H and O–H groups in total. The number of halogens is 1. The van der Waals surface area contributed by atoms with Gasteiger partial charge in [0.05, 0.1) is 11.9 Å². The smallest absolute Gasteiger partial charge is 0.0564 e. The number of anilines is 1. The first kappa shape index (κ1) is 11.3. The Morgan fingerprint density at radius 1 is 1.33 bits per heavy atom. The maximum atomic E-state index is 4.21. The van der Waals surface area contributed by atoms with Gasteiger partial charge in [0.15, 0.2) is 0 Å². The van der Waals surface area contributed by atoms with Crippen molar-refractivity contribution in [3.8, 4) is 0 Å². The van der Waals surface area contributed by atoms with Crippen LogP contribution < -0.4 is 4.90 Å². The molecule has 0 amide bonds. The van der Waals surface area contributed by atoms with Gasteiger partial charge in [0.2, 0.25) is 0 Å². The van der Waals surface area contributed by atoms with Gasteiger partial charge in [-0.3, -0.25) is 4.98 Å². The van der Waals surface area contributed by atoms with Crippen LogP contribution in [0.5, 0.6) is 0 Å². The number of hydrogen-bond donors (Lipinski definition) is 0. The molecule has 1 aliphatic rings. The number of hydrogen-bond acceptors (Lipinski definition) is 3. The van der Waals surface area contributed by atoms with Crippen molar-refractivity contribution in [3.05, 3.63) is 22.9 Å². The normalized spacial score (nSPS) is 26.7. The topological polar surface area (TPSA) is 16.1 Å². The molecule has 0 aromatic carbocycles. The molecule has 1 aliphatic heterocycles. The highest BCUT2D eigenvalue weighted by Gasteiger charge is 2.22. The first-order valence-corrected chi connectivity index (χ1v) is 6.89. The lowest BCUT2D eigenvalue weighted by Gasteiger charge is -2.36. The summed E-state index contributed by atoms with van der Waals surface area (Å²) in [4.78, 5) is 6.63. The largest absolute Gasteiger partial charge is 0.368 e. The summed E-state index contributed by atoms with van der Waals surface area (Å²) < 4.78 is 1.05. The van der Waals surface area contributed by atoms with Crippen LogP contribution in [-0.4, -0.2) is 28.6 Å². The summed E-state index contributed by atoms with van der Waals surface area (Å²) in [7, 11) is 0. The van der Waals surface area contributed by atoms with E-state index in [9.17, 15) is 0 Å². The summed E-state index contributed by atoms with van der Waals surface area (Å²) in [5.41, 5.74) is 1.23. The minimum absolute atomic E-state index is 0.702. The van der Waals surface area contributed by atoms with E-state index in [0.717, 1.165) is 17.6 Å². The second-order valence-electron chi connectivity index (χ2n) is 4.02. The highest BCUT2D eigenvalue weighted by molar-refractivity contribution is 9.10. The molecule has 2 nitrogen and oxygen atoms in total. The molecule has 1 saturated heterocycles. The zero-order valence-corrected chi connectivity index (χ0v) is 11.4. The third-order valence-corrected chi connectivity index (χ3v) is 4.14. The van der Waals surface area contributed by atoms with Crippen LogP contribution in [0.1, 0.15) is 13.8 Å². The van der Waals surface area contributed by atoms with Gasteiger partial charge in [0.1, 0.15) is 0 Å². The van der Waals surface area contributed by atoms with Gasteiger partial charge in [-0.2, -0.15) is 11.8 Å². The predicted molar refractivity (Wildman–Crippen MR) is 70.7 cm³/mol. The van der Waals surface area contributed by atoms with Gasteiger partial charge in [-0.05, 0) is 22.0 Å². The first-order chi connectivity index (χ1) is 7.15. The summed E-state index contributed by atoms with van der Waals surface area (Å²) in [6.45, 7) is 6.82. The summed E-state index contributed by atoms with van der Waals surface area (Å²) in [6.07, 6.45) is 3.77. The van der Waals surface area contributed by atoms with Gasteiger partial charge in [-0.1, -0.05) is 13.8 Å². The van der Waals surface area contributed by atoms with Crippen LogP contribution in [0.4, 0.5) is 5.69 Å². The molecule has 0 aliphatic carbocycles. The maximum absolute atomic E-state index is 4.21. The Hall–Kier alpha value is -0.220. The molecule has 1 fully saturated rings. The number of pyridine rings is 1. The SMILES string of the molecule is CC1CN(c2cncc(Br)c2)CC(C)S1. The molecule has 1 aromatic heterocycles. The van der Waals surface area contributed by atoms with Crippen molar-refractivity contribution in [1.29, 1.82) is 0 Å². The van der Waals surface area contributed by atoms with Crippen LogP contribution in [-0.2, 0) is 0 Å². The Balaban J connectivity index is 2.16. The van der Waals surface area contributed by atoms with E-state index in [-0.39, 0.29) is 0 Å². The van der Waals surface area contributed by atoms with Crippen molar-refractivity contribution in [2.75, 3.05) is 18.0 Å². The molecular weight excluding hydrogens is 272 g/mol. The first-order valence-electron chi connectivity index (χ1n) is 5.16. The van der Waals surface area contributed by atoms with Gasteiger partial charge in [0, 0.05) is 34.3 Å². The highest BCUT2D eigenvalue weighted by Crippen LogP contribution is 2.29. The number of nitrogens with zero attached hydrogens (tertiary/aromatic N) is 2. The molecule has 0 spiro atoms. The minimum Gasteiger partial charge on any atom is -0.368 e. The highest BCUT2D eigenvalue weighted by atomic mass is 79.9. The molecule has 15 heavy (non-hydrogen) atoms. The third-order valence-electron chi connectivity index (χ3n) is 2.48. The van der Waals surface area contributed by atoms with Crippen molar-refractivity contribution >= 4 is 33.4 Å². The Bertz CT molecular complexity index is 335. The second kappa shape index (κ2) is 4.74. The van der Waals surface area contributed by atoms with E-state index >= 15 is 0 Å². The molecule has 1 aromatic rings. The number of aromatic nitrogens is 1. The van der Waals surface area contributed by atoms with E-state index < -0.39 is 0 Å². The monoisotopic (exact) mass is 286 g/mol. The van der Waals surface area contributed by atoms with Crippen LogP contribution in [0.15, 0.2) is 22.9 Å². The standard InChI is InChI=1S/C11H15BrN2S/c1-8-6-14(7-9(2)15-8)11-3-10(12)4-13-5-11/h3-5,8-9H,6-7H2,1-2H3. The van der Waals surface area contributed by atoms with Crippen molar-refractivity contribution in [3.63, 3.8) is 0 Å². The van der Waals surface area contributed by atoms with Crippen LogP contribution in [0, 0.1) is 0 Å². The van der Waals surface area contributed by atoms with Crippen molar-refractivity contribution in [1.82, 2.24) is 4.98 Å². The molecule has 0 radical (unpaired) electrons. The molecule has 0 saturated carbocycles. The summed E-state index contributed by atoms with van der Waals surface area (Å²) in [5.74, 6) is 0. The average Bonchev–Trinajstić information content (AvgIpc) is 2.16. The fourth-order valence-electron chi connectivity index (χ4n) is 1.96. The summed E-state index contributed by atoms with van der Waals surface area (Å²) in [5, 5.41) is 1.40. The lowest BCUT2D eigenvalue weighted by molar-refractivity contribution is 0.726. The lowest BCUT2D eigenvalue weighted by atomic mass is 10.3. The van der Waals surface area contributed by atoms with Gasteiger partial charge >= 0.3 is 0 Å². The Morgan fingerprint density at radius 3 is 2.60 bits per heavy atom. The fourth-order valence-corrected chi connectivity index (χ4v) is 3.64. The Morgan fingerprint density at radius 2 is 2.00 bits per heavy atom. The molecule has 4 heteroatoms. The van der Waals surface area contributed by atoms with E-state index in [1.54, 1.807) is 0 Å². The third kappa shape index (κ3) is 2.88. The Labute approximate surface area is 104 Å². The van der Waals surface area contributed by atoms with E-state index in [1.165, 1.54) is 5.69 Å². The zero-order valence-electron chi connectivity index (χ0n) is 8.98. The zero-order chi connectivity index (χ0) is 10.8. The maximum Gasteiger partial charge on any atom is 0.0564 e. The van der Waals surface area contributed by atoms with Gasteiger partial charge in [0.25, 0.3) is 0 Å². The van der Waals surface area contributed by atoms with Crippen LogP contribution in [0.25, 0.3) is 0 Å². The van der Waals surface area contributed by atoms with E-state index in [2.05, 4.69) is 57.5 Å². The number of thioether (sulfide) groups is 1. The van der Waals surface area contributed by atoms with Crippen molar-refractivity contribution < 1.29 is 0 Å². The Kier molecular flexibility index (Phi) is 3.57. The number of rotatable bonds is 1. The second-order valence-corrected chi connectivity index (χ2v) is 6.82. The van der Waals surface area contributed by atoms with Gasteiger partial charge in [-0.15, -0.1) is 0 Å². The van der Waals surface area contributed by atoms with Crippen LogP contribution >= 0.6 is 27.7 Å². The van der Waals surface area contributed by atoms with E-state index in [4.69, 9.17) is 0 Å². The van der Waals surface area contributed by atoms with E-state index in [1.807, 2.05) is 12.4 Å².